The second-order valence-electron chi connectivity index (χ2n) is 3.71. The number of aromatic nitrogens is 2. The minimum atomic E-state index is -0.593. The molecule has 0 bridgehead atoms. The first-order valence-corrected chi connectivity index (χ1v) is 5.82. The van der Waals surface area contributed by atoms with Crippen molar-refractivity contribution in [1.82, 2.24) is 10.2 Å². The molecule has 10 heteroatoms. The van der Waals surface area contributed by atoms with Crippen LogP contribution in [0.3, 0.4) is 0 Å². The number of oxime groups is 1. The number of nitrogens with two attached hydrogens (primary N) is 1. The lowest BCUT2D eigenvalue weighted by atomic mass is 10.2. The summed E-state index contributed by atoms with van der Waals surface area (Å²) in [5.41, 5.74) is 5.43. The van der Waals surface area contributed by atoms with E-state index in [0.29, 0.717) is 0 Å². The molecule has 21 heavy (non-hydrogen) atoms. The Kier molecular flexibility index (Phi) is 4.14. The number of rotatable bonds is 4. The van der Waals surface area contributed by atoms with Crippen LogP contribution in [0.4, 0.5) is 5.69 Å². The van der Waals surface area contributed by atoms with Crippen molar-refractivity contribution in [3.8, 4) is 11.6 Å². The zero-order chi connectivity index (χ0) is 15.4. The summed E-state index contributed by atoms with van der Waals surface area (Å²) in [7, 11) is 0. The van der Waals surface area contributed by atoms with Crippen LogP contribution in [0.25, 0.3) is 0 Å². The van der Waals surface area contributed by atoms with Crippen molar-refractivity contribution in [2.75, 3.05) is 0 Å². The molecule has 1 aromatic heterocycles. The number of hydrogen-bond donors (Lipinski definition) is 2. The Morgan fingerprint density at radius 3 is 2.90 bits per heavy atom. The molecule has 3 N–H and O–H groups in total. The number of ether oxygens (including phenoxy) is 1. The summed E-state index contributed by atoms with van der Waals surface area (Å²) in [4.78, 5) is 10.2. The maximum atomic E-state index is 10.7. The molecule has 0 aliphatic carbocycles. The smallest absolute Gasteiger partial charge is 0.273 e. The third-order valence-electron chi connectivity index (χ3n) is 2.40. The van der Waals surface area contributed by atoms with Gasteiger partial charge >= 0.3 is 0 Å². The van der Waals surface area contributed by atoms with Crippen LogP contribution < -0.4 is 10.5 Å². The molecule has 0 fully saturated rings. The molecule has 0 unspecified atom stereocenters. The van der Waals surface area contributed by atoms with Gasteiger partial charge in [0.1, 0.15) is 0 Å². The van der Waals surface area contributed by atoms with Crippen LogP contribution in [0, 0.1) is 10.1 Å². The van der Waals surface area contributed by atoms with E-state index >= 15 is 0 Å². The highest BCUT2D eigenvalue weighted by molar-refractivity contribution is 6.32. The van der Waals surface area contributed by atoms with Gasteiger partial charge in [-0.1, -0.05) is 16.8 Å². The number of halogens is 1. The van der Waals surface area contributed by atoms with E-state index in [1.165, 1.54) is 24.4 Å². The SMILES string of the molecule is N/C(=N/O)c1ccnnc1Oc1cc([N+](=O)[O-])ccc1Cl. The monoisotopic (exact) mass is 309 g/mol. The quantitative estimate of drug-likeness (QED) is 0.289. The van der Waals surface area contributed by atoms with Gasteiger partial charge in [-0.15, -0.1) is 5.10 Å². The predicted octanol–water partition coefficient (Wildman–Crippen LogP) is 1.92. The minimum Gasteiger partial charge on any atom is -0.435 e. The minimum absolute atomic E-state index is 0.00152. The number of nitro benzene ring substituents is 1. The number of non-ortho nitro benzene ring substituents is 1. The summed E-state index contributed by atoms with van der Waals surface area (Å²) < 4.78 is 5.37. The Bertz CT molecular complexity index is 722. The van der Waals surface area contributed by atoms with E-state index in [9.17, 15) is 10.1 Å². The zero-order valence-corrected chi connectivity index (χ0v) is 11.1. The molecule has 0 aliphatic heterocycles. The Labute approximate surface area is 122 Å². The van der Waals surface area contributed by atoms with Gasteiger partial charge in [0, 0.05) is 6.07 Å². The van der Waals surface area contributed by atoms with Gasteiger partial charge < -0.3 is 15.7 Å². The number of hydrogen-bond acceptors (Lipinski definition) is 7. The highest BCUT2D eigenvalue weighted by atomic mass is 35.5. The summed E-state index contributed by atoms with van der Waals surface area (Å²) >= 11 is 5.91. The van der Waals surface area contributed by atoms with E-state index in [1.54, 1.807) is 0 Å². The van der Waals surface area contributed by atoms with Gasteiger partial charge in [0.05, 0.1) is 27.8 Å². The number of nitro groups is 1. The summed E-state index contributed by atoms with van der Waals surface area (Å²) in [6, 6.07) is 5.08. The first-order valence-electron chi connectivity index (χ1n) is 5.44. The van der Waals surface area contributed by atoms with Crippen molar-refractivity contribution in [2.45, 2.75) is 0 Å². The predicted molar refractivity (Wildman–Crippen MR) is 72.7 cm³/mol. The van der Waals surface area contributed by atoms with Gasteiger partial charge in [-0.3, -0.25) is 10.1 Å². The first-order chi connectivity index (χ1) is 10.0. The van der Waals surface area contributed by atoms with Gasteiger partial charge in [-0.2, -0.15) is 5.10 Å². The molecule has 0 saturated heterocycles. The fraction of sp³-hybridized carbons (Fsp3) is 0. The second-order valence-corrected chi connectivity index (χ2v) is 4.12. The van der Waals surface area contributed by atoms with Crippen LogP contribution in [-0.4, -0.2) is 26.2 Å². The lowest BCUT2D eigenvalue weighted by Gasteiger charge is -2.09. The molecule has 1 heterocycles. The largest absolute Gasteiger partial charge is 0.435 e. The Morgan fingerprint density at radius 1 is 1.48 bits per heavy atom. The lowest BCUT2D eigenvalue weighted by molar-refractivity contribution is -0.384. The molecular weight excluding hydrogens is 302 g/mol. The van der Waals surface area contributed by atoms with Crippen LogP contribution >= 0.6 is 11.6 Å². The lowest BCUT2D eigenvalue weighted by Crippen LogP contribution is -2.15. The molecule has 108 valence electrons. The molecule has 0 amide bonds. The highest BCUT2D eigenvalue weighted by Crippen LogP contribution is 2.32. The van der Waals surface area contributed by atoms with Gasteiger partial charge in [0.2, 0.25) is 5.88 Å². The van der Waals surface area contributed by atoms with Gasteiger partial charge in [-0.25, -0.2) is 0 Å². The standard InChI is InChI=1S/C11H8ClN5O4/c12-8-2-1-6(17(19)20)5-9(8)21-11-7(10(13)16-18)3-4-14-15-11/h1-5,18H,(H2,13,16). The molecular formula is C11H8ClN5O4. The third kappa shape index (κ3) is 3.15. The molecule has 0 radical (unpaired) electrons. The highest BCUT2D eigenvalue weighted by Gasteiger charge is 2.16. The molecule has 0 saturated carbocycles. The van der Waals surface area contributed by atoms with Crippen LogP contribution in [0.2, 0.25) is 5.02 Å². The molecule has 9 nitrogen and oxygen atoms in total. The number of benzene rings is 1. The third-order valence-corrected chi connectivity index (χ3v) is 2.72. The average Bonchev–Trinajstić information content (AvgIpc) is 2.49. The summed E-state index contributed by atoms with van der Waals surface area (Å²) in [6.45, 7) is 0. The van der Waals surface area contributed by atoms with Crippen molar-refractivity contribution < 1.29 is 14.9 Å². The second kappa shape index (κ2) is 6.01. The molecule has 0 atom stereocenters. The number of nitrogens with zero attached hydrogens (tertiary/aromatic N) is 4. The van der Waals surface area contributed by atoms with Crippen LogP contribution in [0.1, 0.15) is 5.56 Å². The van der Waals surface area contributed by atoms with E-state index in [-0.39, 0.29) is 33.7 Å². The average molecular weight is 310 g/mol. The molecule has 0 spiro atoms. The summed E-state index contributed by atoms with van der Waals surface area (Å²) in [6.07, 6.45) is 1.31. The maximum Gasteiger partial charge on any atom is 0.273 e. The molecule has 1 aromatic carbocycles. The fourth-order valence-corrected chi connectivity index (χ4v) is 1.59. The Balaban J connectivity index is 2.43. The van der Waals surface area contributed by atoms with Crippen molar-refractivity contribution in [3.05, 3.63) is 51.2 Å². The van der Waals surface area contributed by atoms with Gasteiger partial charge in [0.25, 0.3) is 5.69 Å². The van der Waals surface area contributed by atoms with E-state index in [4.69, 9.17) is 27.3 Å². The molecule has 2 aromatic rings. The fourth-order valence-electron chi connectivity index (χ4n) is 1.43. The van der Waals surface area contributed by atoms with Gasteiger partial charge in [-0.05, 0) is 12.1 Å². The molecule has 0 aliphatic rings. The Morgan fingerprint density at radius 2 is 2.24 bits per heavy atom. The summed E-state index contributed by atoms with van der Waals surface area (Å²) in [5.74, 6) is -0.352. The molecule has 2 rings (SSSR count). The normalized spacial score (nSPS) is 11.2. The van der Waals surface area contributed by atoms with Crippen LogP contribution in [-0.2, 0) is 0 Å². The van der Waals surface area contributed by atoms with E-state index in [1.807, 2.05) is 0 Å². The van der Waals surface area contributed by atoms with Crippen molar-refractivity contribution in [2.24, 2.45) is 10.9 Å². The summed E-state index contributed by atoms with van der Waals surface area (Å²) in [5, 5.41) is 29.7. The van der Waals surface area contributed by atoms with Crippen molar-refractivity contribution >= 4 is 23.1 Å². The first kappa shape index (κ1) is 14.5. The number of amidine groups is 1. The van der Waals surface area contributed by atoms with Gasteiger partial charge in [0.15, 0.2) is 11.6 Å². The topological polar surface area (TPSA) is 137 Å². The van der Waals surface area contributed by atoms with E-state index in [0.717, 1.165) is 6.07 Å². The van der Waals surface area contributed by atoms with Crippen molar-refractivity contribution in [3.63, 3.8) is 0 Å². The van der Waals surface area contributed by atoms with Crippen LogP contribution in [0.15, 0.2) is 35.6 Å². The Hall–Kier alpha value is -2.94. The zero-order valence-electron chi connectivity index (χ0n) is 10.3. The maximum absolute atomic E-state index is 10.7. The van der Waals surface area contributed by atoms with E-state index in [2.05, 4.69) is 15.4 Å². The van der Waals surface area contributed by atoms with Crippen molar-refractivity contribution in [1.29, 1.82) is 0 Å². The van der Waals surface area contributed by atoms with E-state index < -0.39 is 4.92 Å². The van der Waals surface area contributed by atoms with Crippen LogP contribution in [0.5, 0.6) is 11.6 Å².